The Kier molecular flexibility index (Phi) is 6.30. The SMILES string of the molecule is [CH3][Pb]([CH3])([S]Cc1ccccc1)[S]Cc1ccccc1. The molecular weight excluding hydrogens is 464 g/mol. The van der Waals surface area contributed by atoms with Crippen LogP contribution in [0.25, 0.3) is 0 Å². The summed E-state index contributed by atoms with van der Waals surface area (Å²) in [5, 5.41) is 0. The molecule has 2 aromatic rings. The van der Waals surface area contributed by atoms with Gasteiger partial charge >= 0.3 is 127 Å². The molecule has 0 aliphatic heterocycles. The molecule has 0 saturated heterocycles. The van der Waals surface area contributed by atoms with Crippen molar-refractivity contribution < 1.29 is 0 Å². The van der Waals surface area contributed by atoms with Gasteiger partial charge in [-0.3, -0.25) is 0 Å². The molecule has 0 nitrogen and oxygen atoms in total. The standard InChI is InChI=1S/2C7H8S.2CH3.Pb/c2*8-6-7-4-2-1-3-5-7;;;/h2*1-5,8H,6H2;2*1H3;/q;;;;+2/p-2. The number of rotatable bonds is 6. The summed E-state index contributed by atoms with van der Waals surface area (Å²) < 4.78 is 5.07. The van der Waals surface area contributed by atoms with Crippen LogP contribution in [-0.4, -0.2) is 18.2 Å². The van der Waals surface area contributed by atoms with Gasteiger partial charge in [-0.2, -0.15) is 0 Å². The fourth-order valence-electron chi connectivity index (χ4n) is 1.70. The van der Waals surface area contributed by atoms with E-state index in [2.05, 4.69) is 86.3 Å². The minimum atomic E-state index is -2.12. The summed E-state index contributed by atoms with van der Waals surface area (Å²) in [6, 6.07) is 21.7. The summed E-state index contributed by atoms with van der Waals surface area (Å²) in [7, 11) is 4.47. The summed E-state index contributed by atoms with van der Waals surface area (Å²) in [5.41, 5.74) is 2.92. The topological polar surface area (TPSA) is 0 Å². The maximum absolute atomic E-state index is 2.54. The molecule has 0 spiro atoms. The van der Waals surface area contributed by atoms with E-state index in [-0.39, 0.29) is 0 Å². The van der Waals surface area contributed by atoms with E-state index in [0.717, 1.165) is 0 Å². The Morgan fingerprint density at radius 1 is 0.684 bits per heavy atom. The monoisotopic (exact) mass is 484 g/mol. The maximum atomic E-state index is 2.54. The van der Waals surface area contributed by atoms with E-state index in [1.807, 2.05) is 0 Å². The molecule has 0 aliphatic carbocycles. The van der Waals surface area contributed by atoms with E-state index >= 15 is 0 Å². The van der Waals surface area contributed by atoms with Gasteiger partial charge in [0.25, 0.3) is 0 Å². The molecule has 0 N–H and O–H groups in total. The third-order valence-electron chi connectivity index (χ3n) is 2.86. The molecule has 0 radical (unpaired) electrons. The summed E-state index contributed by atoms with van der Waals surface area (Å²) >= 11 is -2.12. The average Bonchev–Trinajstić information content (AvgIpc) is 2.46. The van der Waals surface area contributed by atoms with Crippen LogP contribution in [0.1, 0.15) is 11.1 Å². The predicted octanol–water partition coefficient (Wildman–Crippen LogP) is 5.56. The van der Waals surface area contributed by atoms with Crippen LogP contribution in [0.5, 0.6) is 0 Å². The van der Waals surface area contributed by atoms with Gasteiger partial charge in [0.05, 0.1) is 0 Å². The van der Waals surface area contributed by atoms with Crippen molar-refractivity contribution in [2.75, 3.05) is 0 Å². The van der Waals surface area contributed by atoms with Crippen molar-refractivity contribution in [1.29, 1.82) is 0 Å². The van der Waals surface area contributed by atoms with Crippen molar-refractivity contribution in [1.82, 2.24) is 0 Å². The summed E-state index contributed by atoms with van der Waals surface area (Å²) in [5.74, 6) is 2.36. The van der Waals surface area contributed by atoms with Crippen molar-refractivity contribution in [3.8, 4) is 0 Å². The van der Waals surface area contributed by atoms with Gasteiger partial charge < -0.3 is 0 Å². The first-order valence-electron chi connectivity index (χ1n) is 6.51. The molecule has 2 aromatic carbocycles. The second-order valence-corrected chi connectivity index (χ2v) is 43.9. The Labute approximate surface area is 126 Å². The van der Waals surface area contributed by atoms with E-state index in [9.17, 15) is 0 Å². The Morgan fingerprint density at radius 3 is 1.42 bits per heavy atom. The Morgan fingerprint density at radius 2 is 1.05 bits per heavy atom. The quantitative estimate of drug-likeness (QED) is 0.494. The van der Waals surface area contributed by atoms with Gasteiger partial charge in [-0.05, 0) is 0 Å². The summed E-state index contributed by atoms with van der Waals surface area (Å²) in [4.78, 5) is 0. The number of hydrogen-bond acceptors (Lipinski definition) is 2. The third-order valence-corrected chi connectivity index (χ3v) is 31.0. The molecule has 0 heterocycles. The number of hydrogen-bond donors (Lipinski definition) is 0. The molecule has 0 aliphatic rings. The van der Waals surface area contributed by atoms with Crippen molar-refractivity contribution in [3.63, 3.8) is 0 Å². The van der Waals surface area contributed by atoms with Gasteiger partial charge in [-0.15, -0.1) is 0 Å². The predicted molar refractivity (Wildman–Crippen MR) is 93.0 cm³/mol. The van der Waals surface area contributed by atoms with Crippen LogP contribution >= 0.6 is 16.6 Å². The van der Waals surface area contributed by atoms with Crippen molar-refractivity contribution in [2.45, 2.75) is 20.5 Å². The average molecular weight is 484 g/mol. The van der Waals surface area contributed by atoms with Crippen LogP contribution < -0.4 is 0 Å². The van der Waals surface area contributed by atoms with Crippen LogP contribution in [0.4, 0.5) is 0 Å². The van der Waals surface area contributed by atoms with E-state index in [1.165, 1.54) is 22.6 Å². The molecule has 19 heavy (non-hydrogen) atoms. The molecule has 3 heteroatoms. The van der Waals surface area contributed by atoms with Gasteiger partial charge in [-0.25, -0.2) is 0 Å². The van der Waals surface area contributed by atoms with Crippen LogP contribution in [0.2, 0.25) is 8.97 Å². The molecule has 0 bridgehead atoms. The molecule has 0 atom stereocenters. The zero-order valence-electron chi connectivity index (χ0n) is 11.5. The zero-order valence-corrected chi connectivity index (χ0v) is 17.0. The molecule has 2 rings (SSSR count). The van der Waals surface area contributed by atoms with E-state index in [1.54, 1.807) is 0 Å². The first-order chi connectivity index (χ1) is 9.16. The van der Waals surface area contributed by atoms with Gasteiger partial charge in [0.1, 0.15) is 0 Å². The van der Waals surface area contributed by atoms with Gasteiger partial charge in [0.2, 0.25) is 0 Å². The fourth-order valence-corrected chi connectivity index (χ4v) is 21.5. The fraction of sp³-hybridized carbons (Fsp3) is 0.250. The zero-order chi connectivity index (χ0) is 13.6. The molecule has 0 unspecified atom stereocenters. The Bertz CT molecular complexity index is 437. The van der Waals surface area contributed by atoms with E-state index in [4.69, 9.17) is 0 Å². The van der Waals surface area contributed by atoms with Crippen molar-refractivity contribution >= 4 is 34.8 Å². The summed E-state index contributed by atoms with van der Waals surface area (Å²) in [6.45, 7) is 0. The first kappa shape index (κ1) is 15.5. The normalized spacial score (nSPS) is 11.5. The third kappa shape index (κ3) is 5.92. The minimum absolute atomic E-state index is 1.18. The summed E-state index contributed by atoms with van der Waals surface area (Å²) in [6.07, 6.45) is 0. The second kappa shape index (κ2) is 7.74. The van der Waals surface area contributed by atoms with Crippen LogP contribution in [0.3, 0.4) is 0 Å². The van der Waals surface area contributed by atoms with Crippen LogP contribution in [0, 0.1) is 0 Å². The first-order valence-corrected chi connectivity index (χ1v) is 25.8. The van der Waals surface area contributed by atoms with Crippen molar-refractivity contribution in [2.24, 2.45) is 0 Å². The Balaban J connectivity index is 1.82. The molecule has 0 amide bonds. The van der Waals surface area contributed by atoms with E-state index < -0.39 is 18.2 Å². The van der Waals surface area contributed by atoms with Crippen LogP contribution in [-0.2, 0) is 11.5 Å². The molecule has 0 saturated carbocycles. The molecule has 0 fully saturated rings. The molecule has 0 aromatic heterocycles. The number of benzene rings is 2. The van der Waals surface area contributed by atoms with Gasteiger partial charge in [0, 0.05) is 0 Å². The van der Waals surface area contributed by atoms with Crippen molar-refractivity contribution in [3.05, 3.63) is 71.8 Å². The van der Waals surface area contributed by atoms with Crippen LogP contribution in [0.15, 0.2) is 60.7 Å². The second-order valence-electron chi connectivity index (χ2n) is 4.95. The van der Waals surface area contributed by atoms with Gasteiger partial charge in [-0.1, -0.05) is 0 Å². The molecule has 100 valence electrons. The van der Waals surface area contributed by atoms with E-state index in [0.29, 0.717) is 0 Å². The Hall–Kier alpha value is 0.0621. The van der Waals surface area contributed by atoms with Gasteiger partial charge in [0.15, 0.2) is 0 Å². The molecular formula is C16H20PbS2.